The Morgan fingerprint density at radius 2 is 0.929 bits per heavy atom. The minimum absolute atomic E-state index is 0. The van der Waals surface area contributed by atoms with E-state index >= 15 is 0 Å². The van der Waals surface area contributed by atoms with Crippen LogP contribution in [-0.4, -0.2) is 11.0 Å². The summed E-state index contributed by atoms with van der Waals surface area (Å²) in [5.41, 5.74) is 8.66. The third-order valence-electron chi connectivity index (χ3n) is 6.73. The van der Waals surface area contributed by atoms with Crippen molar-refractivity contribution in [1.82, 2.24) is 0 Å². The van der Waals surface area contributed by atoms with Gasteiger partial charge in [-0.1, -0.05) is 74.5 Å². The second-order valence-electron chi connectivity index (χ2n) is 9.37. The number of benzene rings is 2. The number of hydrogen-bond acceptors (Lipinski definition) is 0. The molecule has 2 atom stereocenters. The summed E-state index contributed by atoms with van der Waals surface area (Å²) in [6, 6.07) is 22.6. The van der Waals surface area contributed by atoms with E-state index in [1.165, 1.54) is 45.5 Å². The van der Waals surface area contributed by atoms with Crippen LogP contribution in [0.25, 0.3) is 12.2 Å². The van der Waals surface area contributed by atoms with Crippen LogP contribution in [0.15, 0.2) is 109 Å². The molecule has 6 rings (SSSR count). The van der Waals surface area contributed by atoms with Gasteiger partial charge in [0.05, 0.1) is 0 Å². The molecule has 0 heterocycles. The van der Waals surface area contributed by atoms with Crippen LogP contribution in [0.3, 0.4) is 0 Å². The van der Waals surface area contributed by atoms with Gasteiger partial charge < -0.3 is 39.7 Å². The predicted octanol–water partition coefficient (Wildman–Crippen LogP) is 3.66. The van der Waals surface area contributed by atoms with E-state index in [1.54, 1.807) is 12.1 Å². The molecule has 0 spiro atoms. The zero-order chi connectivity index (χ0) is 25.1. The van der Waals surface area contributed by atoms with Crippen molar-refractivity contribution in [3.8, 4) is 0 Å². The molecule has 2 aliphatic rings. The number of aryl methyl sites for hydroxylation is 2. The van der Waals surface area contributed by atoms with Crippen molar-refractivity contribution in [3.05, 3.63) is 180 Å². The van der Waals surface area contributed by atoms with E-state index in [4.69, 9.17) is 0 Å². The smallest absolute Gasteiger partial charge is 1.00 e. The Labute approximate surface area is 287 Å². The van der Waals surface area contributed by atoms with Gasteiger partial charge in [-0.15, -0.1) is 47.6 Å². The molecule has 4 aromatic carbocycles. The fraction of sp³-hybridized carbons (Fsp3) is 0.111. The Morgan fingerprint density at radius 3 is 1.29 bits per heavy atom. The standard InChI is InChI=1S/2C17H14F.2CH3.2ClH.Si.Zr/c2*1-12-10-13-6-2-3-7-14(16(13)11-12)15-8-4-5-9-17(15)18;;;;;;/h2*2-11,14H,1H3;2*1H3;2*1H;;/q4*-1;;;;+2/p-2. The van der Waals surface area contributed by atoms with Gasteiger partial charge >= 0.3 is 26.2 Å². The molecule has 0 bridgehead atoms. The molecule has 42 heavy (non-hydrogen) atoms. The van der Waals surface area contributed by atoms with E-state index in [9.17, 15) is 8.78 Å². The Morgan fingerprint density at radius 1 is 0.571 bits per heavy atom. The topological polar surface area (TPSA) is 0 Å². The quantitative estimate of drug-likeness (QED) is 0.222. The molecule has 0 aliphatic heterocycles. The number of halogens is 4. The molecule has 0 saturated heterocycles. The van der Waals surface area contributed by atoms with Crippen LogP contribution in [0.1, 0.15) is 56.3 Å². The fourth-order valence-corrected chi connectivity index (χ4v) is 5.10. The molecule has 4 aromatic rings. The third kappa shape index (κ3) is 9.32. The Balaban J connectivity index is 0. The van der Waals surface area contributed by atoms with Crippen LogP contribution in [-0.2, 0) is 26.2 Å². The zero-order valence-corrected chi connectivity index (χ0v) is 29.2. The van der Waals surface area contributed by atoms with Gasteiger partial charge in [-0.3, -0.25) is 0 Å². The maximum atomic E-state index is 14.0. The average Bonchev–Trinajstić information content (AvgIpc) is 3.28. The summed E-state index contributed by atoms with van der Waals surface area (Å²) in [6.07, 6.45) is 16.3. The number of hydrogen-bond donors (Lipinski definition) is 0. The van der Waals surface area contributed by atoms with Crippen molar-refractivity contribution >= 4 is 23.1 Å². The van der Waals surface area contributed by atoms with Crippen LogP contribution < -0.4 is 24.8 Å². The Hall–Kier alpha value is -2.36. The Bertz CT molecular complexity index is 1400. The summed E-state index contributed by atoms with van der Waals surface area (Å²) in [4.78, 5) is 0. The van der Waals surface area contributed by atoms with Crippen molar-refractivity contribution in [1.29, 1.82) is 0 Å². The maximum absolute atomic E-state index is 14.0. The van der Waals surface area contributed by atoms with E-state index < -0.39 is 0 Å². The van der Waals surface area contributed by atoms with Gasteiger partial charge in [-0.2, -0.15) is 34.4 Å². The Kier molecular flexibility index (Phi) is 18.9. The van der Waals surface area contributed by atoms with Crippen molar-refractivity contribution in [2.75, 3.05) is 0 Å². The molecule has 0 amide bonds. The maximum Gasteiger partial charge on any atom is 2.00 e. The van der Waals surface area contributed by atoms with E-state index in [0.29, 0.717) is 0 Å². The summed E-state index contributed by atoms with van der Waals surface area (Å²) in [5, 5.41) is 0. The van der Waals surface area contributed by atoms with Gasteiger partial charge in [-0.25, -0.2) is 8.78 Å². The first kappa shape index (κ1) is 41.8. The minimum Gasteiger partial charge on any atom is -1.00 e. The molecule has 0 saturated carbocycles. The molecule has 2 unspecified atom stereocenters. The summed E-state index contributed by atoms with van der Waals surface area (Å²) in [5.74, 6) is -0.271. The van der Waals surface area contributed by atoms with Crippen molar-refractivity contribution < 1.29 is 59.8 Å². The summed E-state index contributed by atoms with van der Waals surface area (Å²) in [7, 11) is 0. The number of allylic oxidation sites excluding steroid dienone is 6. The number of rotatable bonds is 2. The molecule has 0 aromatic heterocycles. The molecule has 6 heteroatoms. The second-order valence-corrected chi connectivity index (χ2v) is 9.37. The summed E-state index contributed by atoms with van der Waals surface area (Å²) < 4.78 is 27.9. The first-order chi connectivity index (χ1) is 17.5. The molecular weight excluding hydrogens is 661 g/mol. The minimum atomic E-state index is -0.140. The van der Waals surface area contributed by atoms with Gasteiger partial charge in [-0.05, 0) is 35.1 Å². The predicted molar refractivity (Wildman–Crippen MR) is 165 cm³/mol. The molecular formula is C36H34Cl2F2SiZr-4. The SMILES string of the molecule is Cc1cc2c([cH-]1)C=CC=CC2c1ccccc1F.Cc1cc2c([cH-]1)C=CC=CC2c1ccccc1F.[CH3-].[CH3-].[Cl-].[Cl-].[Si].[Zr+2]. The first-order valence-corrected chi connectivity index (χ1v) is 12.2. The van der Waals surface area contributed by atoms with Crippen LogP contribution in [0.5, 0.6) is 0 Å². The average molecular weight is 695 g/mol. The van der Waals surface area contributed by atoms with Crippen molar-refractivity contribution in [2.24, 2.45) is 0 Å². The normalized spacial score (nSPS) is 15.0. The van der Waals surface area contributed by atoms with E-state index in [2.05, 4.69) is 62.4 Å². The van der Waals surface area contributed by atoms with Crippen LogP contribution in [0, 0.1) is 40.3 Å². The molecule has 0 N–H and O–H groups in total. The van der Waals surface area contributed by atoms with E-state index in [-0.39, 0.29) is 100 Å². The van der Waals surface area contributed by atoms with Crippen LogP contribution in [0.2, 0.25) is 0 Å². The van der Waals surface area contributed by atoms with Gasteiger partial charge in [0.1, 0.15) is 11.6 Å². The van der Waals surface area contributed by atoms with Gasteiger partial charge in [0, 0.05) is 11.0 Å². The van der Waals surface area contributed by atoms with Crippen LogP contribution >= 0.6 is 0 Å². The summed E-state index contributed by atoms with van der Waals surface area (Å²) in [6.45, 7) is 4.15. The summed E-state index contributed by atoms with van der Waals surface area (Å²) >= 11 is 0. The van der Waals surface area contributed by atoms with Gasteiger partial charge in [0.2, 0.25) is 0 Å². The number of fused-ring (bicyclic) bond motifs is 2. The molecule has 4 radical (unpaired) electrons. The van der Waals surface area contributed by atoms with E-state index in [0.717, 1.165) is 11.1 Å². The van der Waals surface area contributed by atoms with E-state index in [1.807, 2.05) is 48.6 Å². The molecule has 0 nitrogen and oxygen atoms in total. The van der Waals surface area contributed by atoms with Gasteiger partial charge in [0.15, 0.2) is 0 Å². The second kappa shape index (κ2) is 19.0. The van der Waals surface area contributed by atoms with Crippen molar-refractivity contribution in [2.45, 2.75) is 25.7 Å². The van der Waals surface area contributed by atoms with Crippen LogP contribution in [0.4, 0.5) is 8.78 Å². The molecule has 2 aliphatic carbocycles. The molecule has 218 valence electrons. The fourth-order valence-electron chi connectivity index (χ4n) is 5.10. The monoisotopic (exact) mass is 692 g/mol. The molecule has 0 fully saturated rings. The zero-order valence-electron chi connectivity index (χ0n) is 24.2. The first-order valence-electron chi connectivity index (χ1n) is 12.2. The van der Waals surface area contributed by atoms with Crippen molar-refractivity contribution in [3.63, 3.8) is 0 Å². The largest absolute Gasteiger partial charge is 2.00 e. The van der Waals surface area contributed by atoms with Gasteiger partial charge in [0.25, 0.3) is 0 Å². The third-order valence-corrected chi connectivity index (χ3v) is 6.73.